The summed E-state index contributed by atoms with van der Waals surface area (Å²) < 4.78 is 1.88. The van der Waals surface area contributed by atoms with Gasteiger partial charge >= 0.3 is 0 Å². The summed E-state index contributed by atoms with van der Waals surface area (Å²) in [6.45, 7) is 2.83. The molecule has 0 bridgehead atoms. The Kier molecular flexibility index (Phi) is 2.21. The van der Waals surface area contributed by atoms with Gasteiger partial charge in [0.1, 0.15) is 6.54 Å². The van der Waals surface area contributed by atoms with Gasteiger partial charge in [-0.25, -0.2) is 4.57 Å². The van der Waals surface area contributed by atoms with E-state index in [0.717, 1.165) is 6.54 Å². The molecule has 3 nitrogen and oxygen atoms in total. The van der Waals surface area contributed by atoms with Gasteiger partial charge in [-0.3, -0.25) is 0 Å². The summed E-state index contributed by atoms with van der Waals surface area (Å²) in [6.07, 6.45) is 3.43. The van der Waals surface area contributed by atoms with Gasteiger partial charge < -0.3 is 9.90 Å². The fraction of sp³-hybridized carbons (Fsp3) is 0.250. The van der Waals surface area contributed by atoms with Crippen LogP contribution in [0, 0.1) is 0 Å². The molecule has 0 amide bonds. The SMILES string of the molecule is CC[n+]1ccc(C(=O)[O-])cc1. The minimum absolute atomic E-state index is 0.217. The molecule has 3 heteroatoms. The first-order chi connectivity index (χ1) is 5.24. The van der Waals surface area contributed by atoms with Crippen LogP contribution in [0.5, 0.6) is 0 Å². The van der Waals surface area contributed by atoms with Crippen molar-refractivity contribution in [2.45, 2.75) is 13.5 Å². The van der Waals surface area contributed by atoms with Gasteiger partial charge in [0.2, 0.25) is 0 Å². The van der Waals surface area contributed by atoms with E-state index in [9.17, 15) is 9.90 Å². The molecular weight excluding hydrogens is 142 g/mol. The summed E-state index contributed by atoms with van der Waals surface area (Å²) in [5.41, 5.74) is 0.217. The van der Waals surface area contributed by atoms with Crippen LogP contribution in [-0.2, 0) is 6.54 Å². The monoisotopic (exact) mass is 151 g/mol. The lowest BCUT2D eigenvalue weighted by atomic mass is 10.3. The highest BCUT2D eigenvalue weighted by molar-refractivity contribution is 5.85. The maximum absolute atomic E-state index is 10.3. The predicted octanol–water partition coefficient (Wildman–Crippen LogP) is -0.643. The van der Waals surface area contributed by atoms with Crippen molar-refractivity contribution in [3.05, 3.63) is 30.1 Å². The van der Waals surface area contributed by atoms with E-state index in [1.54, 1.807) is 12.4 Å². The quantitative estimate of drug-likeness (QED) is 0.527. The first-order valence-electron chi connectivity index (χ1n) is 3.44. The minimum Gasteiger partial charge on any atom is -0.545 e. The molecule has 0 unspecified atom stereocenters. The zero-order valence-corrected chi connectivity index (χ0v) is 6.28. The van der Waals surface area contributed by atoms with Crippen molar-refractivity contribution in [2.75, 3.05) is 0 Å². The zero-order chi connectivity index (χ0) is 8.27. The molecule has 0 aromatic carbocycles. The number of pyridine rings is 1. The van der Waals surface area contributed by atoms with E-state index in [1.807, 2.05) is 11.5 Å². The Morgan fingerprint density at radius 3 is 2.45 bits per heavy atom. The highest BCUT2D eigenvalue weighted by Crippen LogP contribution is 1.91. The highest BCUT2D eigenvalue weighted by Gasteiger charge is 1.96. The van der Waals surface area contributed by atoms with Crippen molar-refractivity contribution in [2.24, 2.45) is 0 Å². The van der Waals surface area contributed by atoms with Crippen LogP contribution >= 0.6 is 0 Å². The van der Waals surface area contributed by atoms with Crippen molar-refractivity contribution in [3.63, 3.8) is 0 Å². The lowest BCUT2D eigenvalue weighted by molar-refractivity contribution is -0.693. The number of rotatable bonds is 2. The molecule has 1 rings (SSSR count). The maximum atomic E-state index is 10.3. The molecule has 1 heterocycles. The van der Waals surface area contributed by atoms with Gasteiger partial charge in [0.05, 0.1) is 5.97 Å². The van der Waals surface area contributed by atoms with E-state index in [0.29, 0.717) is 0 Å². The summed E-state index contributed by atoms with van der Waals surface area (Å²) in [5.74, 6) is -1.13. The molecule has 1 aromatic rings. The summed E-state index contributed by atoms with van der Waals surface area (Å²) in [6, 6.07) is 3.05. The van der Waals surface area contributed by atoms with Crippen molar-refractivity contribution in [1.29, 1.82) is 0 Å². The molecule has 0 atom stereocenters. The molecule has 58 valence electrons. The topological polar surface area (TPSA) is 44.0 Å². The van der Waals surface area contributed by atoms with E-state index >= 15 is 0 Å². The minimum atomic E-state index is -1.13. The fourth-order valence-corrected chi connectivity index (χ4v) is 0.804. The number of hydrogen-bond donors (Lipinski definition) is 0. The number of nitrogens with zero attached hydrogens (tertiary/aromatic N) is 1. The second-order valence-electron chi connectivity index (χ2n) is 2.20. The molecule has 11 heavy (non-hydrogen) atoms. The third kappa shape index (κ3) is 1.77. The lowest BCUT2D eigenvalue weighted by Crippen LogP contribution is -2.32. The number of aromatic carboxylic acids is 1. The number of aryl methyl sites for hydroxylation is 1. The van der Waals surface area contributed by atoms with Gasteiger partial charge in [-0.2, -0.15) is 0 Å². The van der Waals surface area contributed by atoms with Crippen LogP contribution in [0.4, 0.5) is 0 Å². The van der Waals surface area contributed by atoms with E-state index in [2.05, 4.69) is 0 Å². The van der Waals surface area contributed by atoms with Crippen LogP contribution in [0.3, 0.4) is 0 Å². The van der Waals surface area contributed by atoms with Crippen molar-refractivity contribution < 1.29 is 14.5 Å². The Hall–Kier alpha value is -1.38. The van der Waals surface area contributed by atoms with Crippen LogP contribution in [0.15, 0.2) is 24.5 Å². The summed E-state index contributed by atoms with van der Waals surface area (Å²) >= 11 is 0. The molecule has 0 radical (unpaired) electrons. The molecule has 0 N–H and O–H groups in total. The number of carboxylic acids is 1. The normalized spacial score (nSPS) is 9.55. The van der Waals surface area contributed by atoms with Gasteiger partial charge in [-0.05, 0) is 6.92 Å². The zero-order valence-electron chi connectivity index (χ0n) is 6.28. The second kappa shape index (κ2) is 3.14. The van der Waals surface area contributed by atoms with Crippen LogP contribution in [0.1, 0.15) is 17.3 Å². The number of carboxylic acid groups (broad SMARTS) is 1. The molecule has 0 saturated heterocycles. The van der Waals surface area contributed by atoms with Gasteiger partial charge in [-0.15, -0.1) is 0 Å². The van der Waals surface area contributed by atoms with Gasteiger partial charge in [-0.1, -0.05) is 0 Å². The third-order valence-corrected chi connectivity index (χ3v) is 1.49. The number of aromatic nitrogens is 1. The molecular formula is C8H9NO2. The lowest BCUT2D eigenvalue weighted by Gasteiger charge is -1.98. The van der Waals surface area contributed by atoms with Gasteiger partial charge in [0.25, 0.3) is 0 Å². The highest BCUT2D eigenvalue weighted by atomic mass is 16.4. The van der Waals surface area contributed by atoms with Gasteiger partial charge in [0.15, 0.2) is 12.4 Å². The summed E-state index contributed by atoms with van der Waals surface area (Å²) in [5, 5.41) is 10.3. The number of carbonyl (C=O) groups excluding carboxylic acids is 1. The molecule has 0 spiro atoms. The Morgan fingerprint density at radius 2 is 2.09 bits per heavy atom. The largest absolute Gasteiger partial charge is 0.545 e. The van der Waals surface area contributed by atoms with Gasteiger partial charge in [0, 0.05) is 17.7 Å². The van der Waals surface area contributed by atoms with E-state index < -0.39 is 5.97 Å². The Labute approximate surface area is 64.9 Å². The molecule has 0 aliphatic carbocycles. The Balaban J connectivity index is 2.91. The second-order valence-corrected chi connectivity index (χ2v) is 2.20. The van der Waals surface area contributed by atoms with Crippen molar-refractivity contribution >= 4 is 5.97 Å². The molecule has 1 aromatic heterocycles. The molecule has 0 aliphatic rings. The van der Waals surface area contributed by atoms with Crippen LogP contribution in [0.2, 0.25) is 0 Å². The Bertz CT molecular complexity index is 253. The number of hydrogen-bond acceptors (Lipinski definition) is 2. The Morgan fingerprint density at radius 1 is 1.55 bits per heavy atom. The van der Waals surface area contributed by atoms with Crippen molar-refractivity contribution in [3.8, 4) is 0 Å². The van der Waals surface area contributed by atoms with Crippen molar-refractivity contribution in [1.82, 2.24) is 0 Å². The first kappa shape index (κ1) is 7.72. The van der Waals surface area contributed by atoms with E-state index in [4.69, 9.17) is 0 Å². The molecule has 0 saturated carbocycles. The van der Waals surface area contributed by atoms with E-state index in [1.165, 1.54) is 12.1 Å². The summed E-state index contributed by atoms with van der Waals surface area (Å²) in [7, 11) is 0. The maximum Gasteiger partial charge on any atom is 0.169 e. The number of carbonyl (C=O) groups is 1. The van der Waals surface area contributed by atoms with Crippen LogP contribution in [-0.4, -0.2) is 5.97 Å². The van der Waals surface area contributed by atoms with Crippen LogP contribution < -0.4 is 9.67 Å². The molecule has 0 aliphatic heterocycles. The predicted molar refractivity (Wildman–Crippen MR) is 36.6 cm³/mol. The average molecular weight is 151 g/mol. The average Bonchev–Trinajstić information content (AvgIpc) is 2.05. The van der Waals surface area contributed by atoms with E-state index in [-0.39, 0.29) is 5.56 Å². The molecule has 0 fully saturated rings. The smallest absolute Gasteiger partial charge is 0.169 e. The fourth-order valence-electron chi connectivity index (χ4n) is 0.804. The third-order valence-electron chi connectivity index (χ3n) is 1.49. The van der Waals surface area contributed by atoms with Crippen LogP contribution in [0.25, 0.3) is 0 Å². The standard InChI is InChI=1S/C8H9NO2/c1-2-9-5-3-7(4-6-9)8(10)11/h3-6H,2H2,1H3. The summed E-state index contributed by atoms with van der Waals surface area (Å²) in [4.78, 5) is 10.3. The first-order valence-corrected chi connectivity index (χ1v) is 3.44.